The molecule has 1 aromatic carbocycles. The Morgan fingerprint density at radius 1 is 1.33 bits per heavy atom. The highest BCUT2D eigenvalue weighted by molar-refractivity contribution is 7.22. The van der Waals surface area contributed by atoms with Gasteiger partial charge in [0.1, 0.15) is 11.3 Å². The number of hydrogen-bond donors (Lipinski definition) is 2. The van der Waals surface area contributed by atoms with Gasteiger partial charge in [-0.2, -0.15) is 0 Å². The first-order chi connectivity index (χ1) is 10.3. The monoisotopic (exact) mass is 305 g/mol. The Kier molecular flexibility index (Phi) is 4.24. The second-order valence-electron chi connectivity index (χ2n) is 5.26. The molecule has 6 heteroatoms. The van der Waals surface area contributed by atoms with E-state index in [2.05, 4.69) is 15.6 Å². The van der Waals surface area contributed by atoms with Crippen molar-refractivity contribution in [3.8, 4) is 5.75 Å². The number of ether oxygens (including phenoxy) is 1. The number of thiazole rings is 1. The normalized spacial score (nSPS) is 15.9. The molecule has 2 N–H and O–H groups in total. The molecule has 5 nitrogen and oxygen atoms in total. The maximum Gasteiger partial charge on any atom is 0.321 e. The van der Waals surface area contributed by atoms with E-state index < -0.39 is 0 Å². The van der Waals surface area contributed by atoms with Gasteiger partial charge in [0.2, 0.25) is 0 Å². The maximum atomic E-state index is 12.0. The van der Waals surface area contributed by atoms with Crippen LogP contribution >= 0.6 is 11.3 Å². The van der Waals surface area contributed by atoms with Gasteiger partial charge in [0.25, 0.3) is 0 Å². The molecule has 0 radical (unpaired) electrons. The van der Waals surface area contributed by atoms with Crippen LogP contribution in [0.2, 0.25) is 0 Å². The second kappa shape index (κ2) is 6.30. The van der Waals surface area contributed by atoms with Crippen LogP contribution in [-0.4, -0.2) is 24.2 Å². The van der Waals surface area contributed by atoms with E-state index in [0.717, 1.165) is 28.8 Å². The molecule has 0 saturated heterocycles. The fraction of sp³-hybridized carbons (Fsp3) is 0.467. The highest BCUT2D eigenvalue weighted by atomic mass is 32.1. The molecule has 112 valence electrons. The highest BCUT2D eigenvalue weighted by Crippen LogP contribution is 2.32. The van der Waals surface area contributed by atoms with Crippen molar-refractivity contribution in [3.05, 3.63) is 18.2 Å². The zero-order valence-corrected chi connectivity index (χ0v) is 12.8. The van der Waals surface area contributed by atoms with Gasteiger partial charge in [0.05, 0.1) is 11.8 Å². The fourth-order valence-corrected chi connectivity index (χ4v) is 3.59. The zero-order valence-electron chi connectivity index (χ0n) is 12.0. The molecule has 0 atom stereocenters. The number of hydrogen-bond acceptors (Lipinski definition) is 4. The molecule has 2 aromatic rings. The number of nitrogens with one attached hydrogen (secondary N) is 2. The number of carbonyl (C=O) groups is 1. The van der Waals surface area contributed by atoms with E-state index in [9.17, 15) is 4.79 Å². The minimum Gasteiger partial charge on any atom is -0.494 e. The maximum absolute atomic E-state index is 12.0. The summed E-state index contributed by atoms with van der Waals surface area (Å²) in [5.74, 6) is 0.726. The molecule has 0 bridgehead atoms. The smallest absolute Gasteiger partial charge is 0.321 e. The third-order valence-corrected chi connectivity index (χ3v) is 4.70. The highest BCUT2D eigenvalue weighted by Gasteiger charge is 2.17. The van der Waals surface area contributed by atoms with Crippen molar-refractivity contribution >= 4 is 32.7 Å². The SMILES string of the molecule is COc1cccc2sc(NC(=O)NC3CCCCC3)nc12. The van der Waals surface area contributed by atoms with Crippen molar-refractivity contribution in [3.63, 3.8) is 0 Å². The molecule has 0 unspecified atom stereocenters. The number of benzene rings is 1. The lowest BCUT2D eigenvalue weighted by atomic mass is 9.96. The van der Waals surface area contributed by atoms with E-state index in [1.54, 1.807) is 7.11 Å². The minimum atomic E-state index is -0.167. The van der Waals surface area contributed by atoms with Gasteiger partial charge in [-0.15, -0.1) is 0 Å². The molecular weight excluding hydrogens is 286 g/mol. The van der Waals surface area contributed by atoms with Crippen molar-refractivity contribution in [2.24, 2.45) is 0 Å². The molecule has 1 saturated carbocycles. The zero-order chi connectivity index (χ0) is 14.7. The van der Waals surface area contributed by atoms with Crippen molar-refractivity contribution in [2.45, 2.75) is 38.1 Å². The minimum absolute atomic E-state index is 0.167. The fourth-order valence-electron chi connectivity index (χ4n) is 2.71. The predicted molar refractivity (Wildman–Crippen MR) is 85.2 cm³/mol. The lowest BCUT2D eigenvalue weighted by Crippen LogP contribution is -2.38. The van der Waals surface area contributed by atoms with E-state index in [-0.39, 0.29) is 6.03 Å². The number of nitrogens with zero attached hydrogens (tertiary/aromatic N) is 1. The lowest BCUT2D eigenvalue weighted by Gasteiger charge is -2.22. The van der Waals surface area contributed by atoms with Crippen LogP contribution in [-0.2, 0) is 0 Å². The Morgan fingerprint density at radius 3 is 2.90 bits per heavy atom. The number of fused-ring (bicyclic) bond motifs is 1. The average molecular weight is 305 g/mol. The van der Waals surface area contributed by atoms with Crippen LogP contribution in [0.4, 0.5) is 9.93 Å². The van der Waals surface area contributed by atoms with Gasteiger partial charge in [-0.05, 0) is 25.0 Å². The average Bonchev–Trinajstić information content (AvgIpc) is 2.90. The summed E-state index contributed by atoms with van der Waals surface area (Å²) >= 11 is 1.45. The predicted octanol–water partition coefficient (Wildman–Crippen LogP) is 3.76. The molecule has 21 heavy (non-hydrogen) atoms. The van der Waals surface area contributed by atoms with Gasteiger partial charge in [-0.25, -0.2) is 9.78 Å². The summed E-state index contributed by atoms with van der Waals surface area (Å²) in [5, 5.41) is 6.46. The summed E-state index contributed by atoms with van der Waals surface area (Å²) in [6.07, 6.45) is 5.81. The van der Waals surface area contributed by atoms with Gasteiger partial charge in [-0.1, -0.05) is 36.7 Å². The topological polar surface area (TPSA) is 63.2 Å². The number of para-hydroxylation sites is 1. The molecule has 1 fully saturated rings. The standard InChI is InChI=1S/C15H19N3O2S/c1-20-11-8-5-9-12-13(11)17-15(21-12)18-14(19)16-10-6-3-2-4-7-10/h5,8-10H,2-4,6-7H2,1H3,(H2,16,17,18,19). The van der Waals surface area contributed by atoms with Crippen LogP contribution in [0.3, 0.4) is 0 Å². The number of methoxy groups -OCH3 is 1. The number of urea groups is 1. The van der Waals surface area contributed by atoms with E-state index >= 15 is 0 Å². The lowest BCUT2D eigenvalue weighted by molar-refractivity contribution is 0.244. The van der Waals surface area contributed by atoms with E-state index in [1.807, 2.05) is 18.2 Å². The van der Waals surface area contributed by atoms with Crippen LogP contribution in [0.15, 0.2) is 18.2 Å². The molecule has 1 aromatic heterocycles. The molecule has 3 rings (SSSR count). The molecule has 0 aliphatic heterocycles. The van der Waals surface area contributed by atoms with E-state index in [1.165, 1.54) is 30.6 Å². The third-order valence-electron chi connectivity index (χ3n) is 3.76. The Balaban J connectivity index is 1.68. The van der Waals surface area contributed by atoms with Gasteiger partial charge < -0.3 is 10.1 Å². The Labute approximate surface area is 127 Å². The van der Waals surface area contributed by atoms with Crippen LogP contribution in [0, 0.1) is 0 Å². The molecule has 1 aliphatic rings. The second-order valence-corrected chi connectivity index (χ2v) is 6.29. The first-order valence-corrected chi connectivity index (χ1v) is 8.09. The summed E-state index contributed by atoms with van der Waals surface area (Å²) in [6, 6.07) is 5.89. The van der Waals surface area contributed by atoms with Gasteiger partial charge in [0, 0.05) is 6.04 Å². The van der Waals surface area contributed by atoms with Crippen molar-refractivity contribution in [1.82, 2.24) is 10.3 Å². The largest absolute Gasteiger partial charge is 0.494 e. The first kappa shape index (κ1) is 14.1. The van der Waals surface area contributed by atoms with Crippen LogP contribution in [0.1, 0.15) is 32.1 Å². The summed E-state index contributed by atoms with van der Waals surface area (Å²) in [4.78, 5) is 16.5. The molecule has 2 amide bonds. The Morgan fingerprint density at radius 2 is 2.14 bits per heavy atom. The number of rotatable bonds is 3. The van der Waals surface area contributed by atoms with E-state index in [4.69, 9.17) is 4.74 Å². The number of aromatic nitrogens is 1. The Hall–Kier alpha value is -1.82. The number of amides is 2. The summed E-state index contributed by atoms with van der Waals surface area (Å²) in [5.41, 5.74) is 0.790. The molecule has 1 aliphatic carbocycles. The van der Waals surface area contributed by atoms with Crippen molar-refractivity contribution in [1.29, 1.82) is 0 Å². The Bertz CT molecular complexity index is 635. The third kappa shape index (κ3) is 3.26. The van der Waals surface area contributed by atoms with Crippen molar-refractivity contribution in [2.75, 3.05) is 12.4 Å². The van der Waals surface area contributed by atoms with Crippen molar-refractivity contribution < 1.29 is 9.53 Å². The van der Waals surface area contributed by atoms with Crippen LogP contribution < -0.4 is 15.4 Å². The van der Waals surface area contributed by atoms with Gasteiger partial charge >= 0.3 is 6.03 Å². The van der Waals surface area contributed by atoms with Gasteiger partial charge in [0.15, 0.2) is 5.13 Å². The summed E-state index contributed by atoms with van der Waals surface area (Å²) in [6.45, 7) is 0. The number of anilines is 1. The quantitative estimate of drug-likeness (QED) is 0.907. The first-order valence-electron chi connectivity index (χ1n) is 7.27. The number of carbonyl (C=O) groups excluding carboxylic acids is 1. The van der Waals surface area contributed by atoms with Crippen LogP contribution in [0.5, 0.6) is 5.75 Å². The molecule has 1 heterocycles. The summed E-state index contributed by atoms with van der Waals surface area (Å²) < 4.78 is 6.29. The molecule has 0 spiro atoms. The van der Waals surface area contributed by atoms with E-state index in [0.29, 0.717) is 11.2 Å². The van der Waals surface area contributed by atoms with Gasteiger partial charge in [-0.3, -0.25) is 5.32 Å². The summed E-state index contributed by atoms with van der Waals surface area (Å²) in [7, 11) is 1.62. The molecular formula is C15H19N3O2S. The van der Waals surface area contributed by atoms with Crippen LogP contribution in [0.25, 0.3) is 10.2 Å².